The molecule has 0 spiro atoms. The summed E-state index contributed by atoms with van der Waals surface area (Å²) in [6.07, 6.45) is 5.79. The van der Waals surface area contributed by atoms with Crippen LogP contribution in [0.25, 0.3) is 0 Å². The van der Waals surface area contributed by atoms with Gasteiger partial charge in [0.05, 0.1) is 0 Å². The topological polar surface area (TPSA) is 41.1 Å². The number of allylic oxidation sites excluding steroid dienone is 1. The van der Waals surface area contributed by atoms with E-state index < -0.39 is 0 Å². The van der Waals surface area contributed by atoms with Crippen LogP contribution in [0.15, 0.2) is 24.4 Å². The molecule has 0 atom stereocenters. The van der Waals surface area contributed by atoms with Gasteiger partial charge in [0.25, 0.3) is 0 Å². The first kappa shape index (κ1) is 10.5. The summed E-state index contributed by atoms with van der Waals surface area (Å²) < 4.78 is 0. The zero-order valence-corrected chi connectivity index (χ0v) is 8.86. The normalized spacial score (nSPS) is 10.5. The third kappa shape index (κ3) is 3.05. The number of aromatic nitrogens is 2. The molecule has 1 rings (SSSR count). The molecule has 4 nitrogen and oxygen atoms in total. The highest BCUT2D eigenvalue weighted by atomic mass is 15.2. The van der Waals surface area contributed by atoms with E-state index in [4.69, 9.17) is 0 Å². The number of hydrogen-bond acceptors (Lipinski definition) is 4. The zero-order valence-electron chi connectivity index (χ0n) is 8.86. The van der Waals surface area contributed by atoms with Crippen LogP contribution in [0.2, 0.25) is 0 Å². The van der Waals surface area contributed by atoms with Crippen LogP contribution in [-0.4, -0.2) is 30.6 Å². The Bertz CT molecular complexity index is 307. The Morgan fingerprint density at radius 1 is 1.50 bits per heavy atom. The van der Waals surface area contributed by atoms with Gasteiger partial charge >= 0.3 is 0 Å². The number of hydrogen-bond donors (Lipinski definition) is 1. The lowest BCUT2D eigenvalue weighted by Crippen LogP contribution is -2.13. The van der Waals surface area contributed by atoms with Crippen molar-refractivity contribution in [2.75, 3.05) is 30.9 Å². The van der Waals surface area contributed by atoms with Crippen molar-refractivity contribution in [1.29, 1.82) is 0 Å². The number of rotatable bonds is 4. The van der Waals surface area contributed by atoms with E-state index in [-0.39, 0.29) is 0 Å². The van der Waals surface area contributed by atoms with E-state index in [2.05, 4.69) is 15.3 Å². The SMILES string of the molecule is C/C=C/CNc1ccnc(N(C)C)n1. The van der Waals surface area contributed by atoms with Gasteiger partial charge in [-0.25, -0.2) is 4.98 Å². The minimum atomic E-state index is 0.718. The third-order valence-corrected chi connectivity index (χ3v) is 1.68. The highest BCUT2D eigenvalue weighted by Crippen LogP contribution is 2.07. The van der Waals surface area contributed by atoms with E-state index in [0.717, 1.165) is 18.3 Å². The molecule has 1 heterocycles. The van der Waals surface area contributed by atoms with Crippen molar-refractivity contribution in [2.24, 2.45) is 0 Å². The van der Waals surface area contributed by atoms with Crippen molar-refractivity contribution in [3.8, 4) is 0 Å². The zero-order chi connectivity index (χ0) is 10.4. The summed E-state index contributed by atoms with van der Waals surface area (Å²) in [7, 11) is 3.84. The Balaban J connectivity index is 2.64. The van der Waals surface area contributed by atoms with Crippen molar-refractivity contribution < 1.29 is 0 Å². The Hall–Kier alpha value is -1.58. The quantitative estimate of drug-likeness (QED) is 0.734. The van der Waals surface area contributed by atoms with E-state index in [1.165, 1.54) is 0 Å². The van der Waals surface area contributed by atoms with E-state index in [0.29, 0.717) is 0 Å². The summed E-state index contributed by atoms with van der Waals surface area (Å²) in [5.41, 5.74) is 0. The summed E-state index contributed by atoms with van der Waals surface area (Å²) >= 11 is 0. The maximum atomic E-state index is 4.31. The average Bonchev–Trinajstić information content (AvgIpc) is 2.19. The first-order chi connectivity index (χ1) is 6.74. The van der Waals surface area contributed by atoms with Crippen LogP contribution in [0.3, 0.4) is 0 Å². The van der Waals surface area contributed by atoms with Crippen LogP contribution in [0.5, 0.6) is 0 Å². The third-order valence-electron chi connectivity index (χ3n) is 1.68. The van der Waals surface area contributed by atoms with Crippen molar-refractivity contribution in [3.05, 3.63) is 24.4 Å². The van der Waals surface area contributed by atoms with E-state index in [1.54, 1.807) is 6.20 Å². The van der Waals surface area contributed by atoms with E-state index >= 15 is 0 Å². The van der Waals surface area contributed by atoms with Gasteiger partial charge in [-0.2, -0.15) is 4.98 Å². The van der Waals surface area contributed by atoms with Crippen molar-refractivity contribution >= 4 is 11.8 Å². The Labute approximate surface area is 84.7 Å². The Morgan fingerprint density at radius 3 is 2.93 bits per heavy atom. The highest BCUT2D eigenvalue weighted by molar-refractivity contribution is 5.40. The molecule has 0 unspecified atom stereocenters. The molecule has 0 aliphatic heterocycles. The average molecular weight is 192 g/mol. The maximum absolute atomic E-state index is 4.31. The van der Waals surface area contributed by atoms with Gasteiger partial charge in [-0.3, -0.25) is 0 Å². The molecule has 0 fully saturated rings. The second-order valence-corrected chi connectivity index (χ2v) is 3.09. The lowest BCUT2D eigenvalue weighted by molar-refractivity contribution is 0.996. The van der Waals surface area contributed by atoms with Crippen LogP contribution < -0.4 is 10.2 Å². The summed E-state index contributed by atoms with van der Waals surface area (Å²) in [6, 6.07) is 1.86. The highest BCUT2D eigenvalue weighted by Gasteiger charge is 1.98. The molecule has 1 aromatic rings. The van der Waals surface area contributed by atoms with Crippen LogP contribution in [0.4, 0.5) is 11.8 Å². The molecule has 0 saturated heterocycles. The van der Waals surface area contributed by atoms with Crippen molar-refractivity contribution in [3.63, 3.8) is 0 Å². The predicted molar refractivity (Wildman–Crippen MR) is 59.7 cm³/mol. The first-order valence-electron chi connectivity index (χ1n) is 4.59. The molecule has 0 saturated carbocycles. The maximum Gasteiger partial charge on any atom is 0.226 e. The lowest BCUT2D eigenvalue weighted by atomic mass is 10.5. The molecule has 0 aromatic carbocycles. The molecule has 0 radical (unpaired) electrons. The van der Waals surface area contributed by atoms with E-state index in [1.807, 2.05) is 44.1 Å². The standard InChI is InChI=1S/C10H16N4/c1-4-5-7-11-9-6-8-12-10(13-9)14(2)3/h4-6,8H,7H2,1-3H3,(H,11,12,13)/b5-4+. The fraction of sp³-hybridized carbons (Fsp3) is 0.400. The Morgan fingerprint density at radius 2 is 2.29 bits per heavy atom. The van der Waals surface area contributed by atoms with Gasteiger partial charge in [0, 0.05) is 26.8 Å². The van der Waals surface area contributed by atoms with Gasteiger partial charge in [0.2, 0.25) is 5.95 Å². The number of anilines is 2. The molecule has 0 amide bonds. The Kier molecular flexibility index (Phi) is 3.91. The van der Waals surface area contributed by atoms with E-state index in [9.17, 15) is 0 Å². The second-order valence-electron chi connectivity index (χ2n) is 3.09. The largest absolute Gasteiger partial charge is 0.366 e. The molecule has 0 bridgehead atoms. The van der Waals surface area contributed by atoms with Gasteiger partial charge in [0.1, 0.15) is 5.82 Å². The fourth-order valence-corrected chi connectivity index (χ4v) is 0.944. The number of nitrogens with one attached hydrogen (secondary N) is 1. The minimum Gasteiger partial charge on any atom is -0.366 e. The molecule has 76 valence electrons. The molecular weight excluding hydrogens is 176 g/mol. The van der Waals surface area contributed by atoms with Gasteiger partial charge in [0.15, 0.2) is 0 Å². The lowest BCUT2D eigenvalue weighted by Gasteiger charge is -2.10. The predicted octanol–water partition coefficient (Wildman–Crippen LogP) is 1.53. The van der Waals surface area contributed by atoms with Gasteiger partial charge in [-0.15, -0.1) is 0 Å². The summed E-state index contributed by atoms with van der Waals surface area (Å²) in [5.74, 6) is 1.57. The fourth-order valence-electron chi connectivity index (χ4n) is 0.944. The molecule has 0 aliphatic rings. The van der Waals surface area contributed by atoms with Crippen LogP contribution in [0, 0.1) is 0 Å². The second kappa shape index (κ2) is 5.21. The minimum absolute atomic E-state index is 0.718. The monoisotopic (exact) mass is 192 g/mol. The van der Waals surface area contributed by atoms with Crippen molar-refractivity contribution in [1.82, 2.24) is 9.97 Å². The summed E-state index contributed by atoms with van der Waals surface area (Å²) in [4.78, 5) is 10.3. The van der Waals surface area contributed by atoms with Gasteiger partial charge in [-0.05, 0) is 13.0 Å². The number of nitrogens with zero attached hydrogens (tertiary/aromatic N) is 3. The van der Waals surface area contributed by atoms with Gasteiger partial charge < -0.3 is 10.2 Å². The summed E-state index contributed by atoms with van der Waals surface area (Å²) in [5, 5.41) is 3.18. The summed E-state index contributed by atoms with van der Waals surface area (Å²) in [6.45, 7) is 2.79. The smallest absolute Gasteiger partial charge is 0.226 e. The molecule has 4 heteroatoms. The molecule has 1 aromatic heterocycles. The van der Waals surface area contributed by atoms with Crippen LogP contribution in [-0.2, 0) is 0 Å². The molecule has 1 N–H and O–H groups in total. The van der Waals surface area contributed by atoms with Crippen LogP contribution >= 0.6 is 0 Å². The molecule has 0 aliphatic carbocycles. The van der Waals surface area contributed by atoms with Gasteiger partial charge in [-0.1, -0.05) is 12.2 Å². The van der Waals surface area contributed by atoms with Crippen molar-refractivity contribution in [2.45, 2.75) is 6.92 Å². The van der Waals surface area contributed by atoms with Crippen LogP contribution in [0.1, 0.15) is 6.92 Å². The molecule has 14 heavy (non-hydrogen) atoms. The first-order valence-corrected chi connectivity index (χ1v) is 4.59. The molecular formula is C10H16N4.